The fourth-order valence-electron chi connectivity index (χ4n) is 4.75. The van der Waals surface area contributed by atoms with Gasteiger partial charge in [0.05, 0.1) is 27.4 Å². The van der Waals surface area contributed by atoms with Gasteiger partial charge in [0.2, 0.25) is 0 Å². The van der Waals surface area contributed by atoms with E-state index in [1.54, 1.807) is 41.2 Å². The summed E-state index contributed by atoms with van der Waals surface area (Å²) in [6.07, 6.45) is 0.230. The second-order valence-corrected chi connectivity index (χ2v) is 9.48. The number of methoxy groups -OCH3 is 2. The molecule has 2 aliphatic heterocycles. The molecule has 0 aromatic heterocycles. The number of urea groups is 1. The first kappa shape index (κ1) is 25.9. The van der Waals surface area contributed by atoms with Crippen molar-refractivity contribution in [3.63, 3.8) is 0 Å². The Morgan fingerprint density at radius 3 is 1.94 bits per heavy atom. The second-order valence-electron chi connectivity index (χ2n) is 8.68. The van der Waals surface area contributed by atoms with Crippen molar-refractivity contribution in [1.82, 2.24) is 9.80 Å². The van der Waals surface area contributed by atoms with Gasteiger partial charge in [0.25, 0.3) is 0 Å². The number of piperidine rings is 1. The Labute approximate surface area is 213 Å². The number of morpholine rings is 1. The Morgan fingerprint density at radius 2 is 1.44 bits per heavy atom. The molecule has 2 amide bonds. The van der Waals surface area contributed by atoms with E-state index in [1.165, 1.54) is 7.11 Å². The summed E-state index contributed by atoms with van der Waals surface area (Å²) in [7, 11) is 2.84. The second kappa shape index (κ2) is 11.3. The fraction of sp³-hybridized carbons (Fsp3) is 0.440. The monoisotopic (exact) mass is 516 g/mol. The van der Waals surface area contributed by atoms with E-state index >= 15 is 0 Å². The number of hydrogen-bond donors (Lipinski definition) is 0. The minimum atomic E-state index is -2.76. The summed E-state index contributed by atoms with van der Waals surface area (Å²) in [5.74, 6) is 0.0890. The lowest BCUT2D eigenvalue weighted by Gasteiger charge is -2.48. The maximum atomic E-state index is 13.1. The highest BCUT2D eigenvalue weighted by molar-refractivity contribution is 7.80. The first-order valence-corrected chi connectivity index (χ1v) is 12.8. The predicted octanol–water partition coefficient (Wildman–Crippen LogP) is 2.42. The number of benzene rings is 2. The molecule has 11 heteroatoms. The quantitative estimate of drug-likeness (QED) is 0.428. The van der Waals surface area contributed by atoms with Crippen molar-refractivity contribution in [1.29, 1.82) is 0 Å². The first-order chi connectivity index (χ1) is 17.4. The molecule has 10 nitrogen and oxygen atoms in total. The van der Waals surface area contributed by atoms with Gasteiger partial charge in [-0.3, -0.25) is 8.51 Å². The number of carbonyl (C=O) groups excluding carboxylic acids is 2. The minimum absolute atomic E-state index is 0.115. The largest absolute Gasteiger partial charge is 0.755 e. The standard InChI is InChI=1S/C25H31N3O7S/c1-33-22-9-5-20(6-10-22)19-3-7-21(8-4-19)28(36(31)32)25(23(29)34-2)11-13-26(14-12-25)24(30)27-15-17-35-18-16-27/h3-10H,11-18H2,1-2H3,(H,31,32)/p-1. The molecule has 0 saturated carbocycles. The lowest BCUT2D eigenvalue weighted by molar-refractivity contribution is -0.148. The molecule has 0 radical (unpaired) electrons. The van der Waals surface area contributed by atoms with Crippen LogP contribution in [0.5, 0.6) is 5.75 Å². The lowest BCUT2D eigenvalue weighted by atomic mass is 9.86. The lowest BCUT2D eigenvalue weighted by Crippen LogP contribution is -2.63. The van der Waals surface area contributed by atoms with Crippen molar-refractivity contribution in [2.45, 2.75) is 18.4 Å². The van der Waals surface area contributed by atoms with E-state index in [1.807, 2.05) is 24.3 Å². The zero-order valence-corrected chi connectivity index (χ0v) is 21.2. The summed E-state index contributed by atoms with van der Waals surface area (Å²) in [6.45, 7) is 2.44. The highest BCUT2D eigenvalue weighted by Gasteiger charge is 2.49. The van der Waals surface area contributed by atoms with E-state index in [4.69, 9.17) is 14.2 Å². The zero-order valence-electron chi connectivity index (χ0n) is 20.4. The highest BCUT2D eigenvalue weighted by Crippen LogP contribution is 2.37. The van der Waals surface area contributed by atoms with Gasteiger partial charge in [0.1, 0.15) is 5.75 Å². The minimum Gasteiger partial charge on any atom is -0.755 e. The molecule has 0 aliphatic carbocycles. The molecule has 0 spiro atoms. The van der Waals surface area contributed by atoms with Crippen LogP contribution in [0.25, 0.3) is 11.1 Å². The molecule has 2 heterocycles. The number of hydrogen-bond acceptors (Lipinski definition) is 7. The van der Waals surface area contributed by atoms with E-state index in [2.05, 4.69) is 0 Å². The van der Waals surface area contributed by atoms with Crippen molar-refractivity contribution in [2.75, 3.05) is 57.9 Å². The van der Waals surface area contributed by atoms with Crippen LogP contribution in [-0.2, 0) is 25.5 Å². The van der Waals surface area contributed by atoms with Gasteiger partial charge in [-0.2, -0.15) is 0 Å². The van der Waals surface area contributed by atoms with Gasteiger partial charge in [0, 0.05) is 56.0 Å². The normalized spacial score (nSPS) is 18.3. The van der Waals surface area contributed by atoms with Gasteiger partial charge >= 0.3 is 12.0 Å². The molecule has 2 fully saturated rings. The highest BCUT2D eigenvalue weighted by atomic mass is 32.2. The Kier molecular flexibility index (Phi) is 8.12. The van der Waals surface area contributed by atoms with Crippen LogP contribution in [0.3, 0.4) is 0 Å². The molecule has 4 rings (SSSR count). The van der Waals surface area contributed by atoms with Crippen LogP contribution >= 0.6 is 0 Å². The van der Waals surface area contributed by atoms with Gasteiger partial charge in [0.15, 0.2) is 5.54 Å². The Balaban J connectivity index is 1.57. The van der Waals surface area contributed by atoms with Gasteiger partial charge in [-0.05, 0) is 35.4 Å². The number of likely N-dealkylation sites (tertiary alicyclic amines) is 1. The molecule has 194 valence electrons. The predicted molar refractivity (Wildman–Crippen MR) is 133 cm³/mol. The number of amides is 2. The van der Waals surface area contributed by atoms with Crippen LogP contribution in [-0.4, -0.2) is 89.7 Å². The summed E-state index contributed by atoms with van der Waals surface area (Å²) in [6, 6.07) is 14.3. The van der Waals surface area contributed by atoms with Gasteiger partial charge in [-0.1, -0.05) is 24.3 Å². The van der Waals surface area contributed by atoms with E-state index in [9.17, 15) is 18.4 Å². The fourth-order valence-corrected chi connectivity index (χ4v) is 5.59. The molecule has 36 heavy (non-hydrogen) atoms. The topological polar surface area (TPSA) is 112 Å². The molecule has 1 atom stereocenters. The number of nitrogens with zero attached hydrogens (tertiary/aromatic N) is 3. The van der Waals surface area contributed by atoms with Gasteiger partial charge in [-0.15, -0.1) is 0 Å². The van der Waals surface area contributed by atoms with Crippen LogP contribution in [0, 0.1) is 0 Å². The van der Waals surface area contributed by atoms with Crippen LogP contribution in [0.1, 0.15) is 12.8 Å². The zero-order chi connectivity index (χ0) is 25.7. The third-order valence-corrected chi connectivity index (χ3v) is 7.63. The summed E-state index contributed by atoms with van der Waals surface area (Å²) < 4.78 is 41.7. The average Bonchev–Trinajstić information content (AvgIpc) is 2.93. The van der Waals surface area contributed by atoms with E-state index in [-0.39, 0.29) is 32.0 Å². The van der Waals surface area contributed by atoms with Gasteiger partial charge in [-0.25, -0.2) is 9.59 Å². The molecule has 1 unspecified atom stereocenters. The molecule has 2 saturated heterocycles. The molecule has 0 N–H and O–H groups in total. The SMILES string of the molecule is COC(=O)C1(N(c2ccc(-c3ccc(OC)cc3)cc2)S(=O)[O-])CCN(C(=O)N2CCOCC2)CC1. The van der Waals surface area contributed by atoms with Crippen molar-refractivity contribution < 1.29 is 32.6 Å². The van der Waals surface area contributed by atoms with E-state index < -0.39 is 22.8 Å². The van der Waals surface area contributed by atoms with Gasteiger partial charge < -0.3 is 28.6 Å². The number of esters is 1. The smallest absolute Gasteiger partial charge is 0.332 e. The third-order valence-electron chi connectivity index (χ3n) is 6.77. The maximum Gasteiger partial charge on any atom is 0.332 e. The van der Waals surface area contributed by atoms with Crippen LogP contribution < -0.4 is 9.04 Å². The number of carbonyl (C=O) groups is 2. The maximum absolute atomic E-state index is 13.1. The van der Waals surface area contributed by atoms with Crippen LogP contribution in [0.4, 0.5) is 10.5 Å². The molecule has 2 aromatic rings. The molecule has 0 bridgehead atoms. The number of anilines is 1. The van der Waals surface area contributed by atoms with Crippen LogP contribution in [0.2, 0.25) is 0 Å². The van der Waals surface area contributed by atoms with Crippen LogP contribution in [0.15, 0.2) is 48.5 Å². The van der Waals surface area contributed by atoms with E-state index in [0.29, 0.717) is 32.0 Å². The summed E-state index contributed by atoms with van der Waals surface area (Å²) in [4.78, 5) is 29.4. The summed E-state index contributed by atoms with van der Waals surface area (Å²) in [5, 5.41) is 0. The number of rotatable bonds is 6. The van der Waals surface area contributed by atoms with Crippen molar-refractivity contribution >= 4 is 29.0 Å². The van der Waals surface area contributed by atoms with Crippen molar-refractivity contribution in [3.05, 3.63) is 48.5 Å². The Hall–Kier alpha value is -3.15. The molecule has 2 aromatic carbocycles. The Bertz CT molecular complexity index is 1080. The Morgan fingerprint density at radius 1 is 0.917 bits per heavy atom. The van der Waals surface area contributed by atoms with E-state index in [0.717, 1.165) is 21.2 Å². The molecular weight excluding hydrogens is 486 g/mol. The first-order valence-electron chi connectivity index (χ1n) is 11.7. The molecule has 2 aliphatic rings. The summed E-state index contributed by atoms with van der Waals surface area (Å²) >= 11 is -2.76. The van der Waals surface area contributed by atoms with Crippen molar-refractivity contribution in [2.24, 2.45) is 0 Å². The third kappa shape index (κ3) is 5.18. The van der Waals surface area contributed by atoms with Crippen molar-refractivity contribution in [3.8, 4) is 16.9 Å². The number of ether oxygens (including phenoxy) is 3. The average molecular weight is 517 g/mol. The summed E-state index contributed by atoms with van der Waals surface area (Å²) in [5.41, 5.74) is 0.718. The molecular formula is C25H30N3O7S-.